The van der Waals surface area contributed by atoms with Crippen LogP contribution in [0.1, 0.15) is 11.1 Å². The van der Waals surface area contributed by atoms with Gasteiger partial charge in [-0.15, -0.1) is 0 Å². The van der Waals surface area contributed by atoms with Gasteiger partial charge in [-0.2, -0.15) is 0 Å². The van der Waals surface area contributed by atoms with Gasteiger partial charge in [0.25, 0.3) is 0 Å². The van der Waals surface area contributed by atoms with Crippen molar-refractivity contribution in [2.24, 2.45) is 5.73 Å². The number of phenolic OH excluding ortho intramolecular Hbond substituents is 1. The molecule has 3 N–H and O–H groups in total. The van der Waals surface area contributed by atoms with E-state index in [1.807, 2.05) is 30.5 Å². The van der Waals surface area contributed by atoms with Crippen LogP contribution in [-0.2, 0) is 13.1 Å². The van der Waals surface area contributed by atoms with Crippen molar-refractivity contribution < 1.29 is 5.11 Å². The standard InChI is InChI=1S/C15H15N3O/c16-8-12-10-18(15-14(12)2-1-7-17-15)9-11-3-5-13(19)6-4-11/h1-7,10,19H,8-9,16H2. The van der Waals surface area contributed by atoms with Crippen molar-refractivity contribution in [2.75, 3.05) is 0 Å². The molecule has 4 nitrogen and oxygen atoms in total. The molecular weight excluding hydrogens is 238 g/mol. The van der Waals surface area contributed by atoms with E-state index in [4.69, 9.17) is 5.73 Å². The van der Waals surface area contributed by atoms with Crippen molar-refractivity contribution in [3.63, 3.8) is 0 Å². The van der Waals surface area contributed by atoms with E-state index in [0.29, 0.717) is 13.1 Å². The number of nitrogens with zero attached hydrogens (tertiary/aromatic N) is 2. The molecular formula is C15H15N3O. The zero-order valence-electron chi connectivity index (χ0n) is 10.5. The van der Waals surface area contributed by atoms with Gasteiger partial charge >= 0.3 is 0 Å². The van der Waals surface area contributed by atoms with Crippen molar-refractivity contribution in [1.29, 1.82) is 0 Å². The van der Waals surface area contributed by atoms with Crippen molar-refractivity contribution in [3.8, 4) is 5.75 Å². The van der Waals surface area contributed by atoms with E-state index in [2.05, 4.69) is 9.55 Å². The highest BCUT2D eigenvalue weighted by atomic mass is 16.3. The maximum absolute atomic E-state index is 9.30. The highest BCUT2D eigenvalue weighted by Gasteiger charge is 2.08. The Bertz CT molecular complexity index is 701. The lowest BCUT2D eigenvalue weighted by molar-refractivity contribution is 0.475. The molecule has 0 aliphatic rings. The number of aromatic nitrogens is 2. The molecule has 0 unspecified atom stereocenters. The second kappa shape index (κ2) is 4.74. The van der Waals surface area contributed by atoms with Crippen molar-refractivity contribution in [1.82, 2.24) is 9.55 Å². The highest BCUT2D eigenvalue weighted by Crippen LogP contribution is 2.20. The van der Waals surface area contributed by atoms with Gasteiger partial charge in [0.05, 0.1) is 0 Å². The van der Waals surface area contributed by atoms with Crippen LogP contribution >= 0.6 is 0 Å². The number of pyridine rings is 1. The third-order valence-corrected chi connectivity index (χ3v) is 3.23. The lowest BCUT2D eigenvalue weighted by Crippen LogP contribution is -1.99. The monoisotopic (exact) mass is 253 g/mol. The fraction of sp³-hybridized carbons (Fsp3) is 0.133. The van der Waals surface area contributed by atoms with E-state index in [0.717, 1.165) is 22.2 Å². The fourth-order valence-corrected chi connectivity index (χ4v) is 2.28. The smallest absolute Gasteiger partial charge is 0.140 e. The second-order valence-electron chi connectivity index (χ2n) is 4.53. The summed E-state index contributed by atoms with van der Waals surface area (Å²) in [6.07, 6.45) is 3.83. The molecule has 2 heterocycles. The van der Waals surface area contributed by atoms with Gasteiger partial charge in [-0.05, 0) is 35.4 Å². The zero-order valence-corrected chi connectivity index (χ0v) is 10.5. The molecule has 0 atom stereocenters. The first kappa shape index (κ1) is 11.7. The number of nitrogens with two attached hydrogens (primary N) is 1. The minimum Gasteiger partial charge on any atom is -0.508 e. The third kappa shape index (κ3) is 2.18. The van der Waals surface area contributed by atoms with Crippen LogP contribution in [0.25, 0.3) is 11.0 Å². The molecule has 1 aromatic carbocycles. The average Bonchev–Trinajstić information content (AvgIpc) is 2.80. The predicted molar refractivity (Wildman–Crippen MR) is 74.8 cm³/mol. The van der Waals surface area contributed by atoms with Gasteiger partial charge in [0, 0.05) is 30.9 Å². The van der Waals surface area contributed by atoms with Crippen LogP contribution < -0.4 is 5.73 Å². The minimum atomic E-state index is 0.280. The van der Waals surface area contributed by atoms with Gasteiger partial charge in [0.15, 0.2) is 0 Å². The highest BCUT2D eigenvalue weighted by molar-refractivity contribution is 5.80. The first-order chi connectivity index (χ1) is 9.28. The van der Waals surface area contributed by atoms with Crippen LogP contribution in [0.5, 0.6) is 5.75 Å². The molecule has 0 fully saturated rings. The molecule has 0 aliphatic carbocycles. The molecule has 3 aromatic rings. The molecule has 2 aromatic heterocycles. The summed E-state index contributed by atoms with van der Waals surface area (Å²) in [7, 11) is 0. The van der Waals surface area contributed by atoms with Gasteiger partial charge in [-0.1, -0.05) is 12.1 Å². The molecule has 0 radical (unpaired) electrons. The maximum Gasteiger partial charge on any atom is 0.140 e. The predicted octanol–water partition coefficient (Wildman–Crippen LogP) is 2.25. The molecule has 3 rings (SSSR count). The maximum atomic E-state index is 9.30. The number of aromatic hydroxyl groups is 1. The van der Waals surface area contributed by atoms with E-state index in [9.17, 15) is 5.11 Å². The van der Waals surface area contributed by atoms with Crippen LogP contribution in [0.15, 0.2) is 48.8 Å². The first-order valence-electron chi connectivity index (χ1n) is 6.18. The summed E-state index contributed by atoms with van der Waals surface area (Å²) in [5.41, 5.74) is 8.92. The van der Waals surface area contributed by atoms with E-state index in [-0.39, 0.29) is 5.75 Å². The summed E-state index contributed by atoms with van der Waals surface area (Å²) >= 11 is 0. The molecule has 4 heteroatoms. The van der Waals surface area contributed by atoms with Gasteiger partial charge in [0.1, 0.15) is 11.4 Å². The second-order valence-corrected chi connectivity index (χ2v) is 4.53. The molecule has 0 saturated heterocycles. The van der Waals surface area contributed by atoms with Crippen molar-refractivity contribution in [3.05, 3.63) is 59.9 Å². The minimum absolute atomic E-state index is 0.280. The summed E-state index contributed by atoms with van der Waals surface area (Å²) < 4.78 is 2.09. The summed E-state index contributed by atoms with van der Waals surface area (Å²) in [6.45, 7) is 1.22. The van der Waals surface area contributed by atoms with Crippen molar-refractivity contribution in [2.45, 2.75) is 13.1 Å². The quantitative estimate of drug-likeness (QED) is 0.752. The summed E-state index contributed by atoms with van der Waals surface area (Å²) in [6, 6.07) is 11.2. The number of benzene rings is 1. The Kier molecular flexibility index (Phi) is 2.93. The van der Waals surface area contributed by atoms with E-state index in [1.54, 1.807) is 18.3 Å². The summed E-state index contributed by atoms with van der Waals surface area (Å²) in [5, 5.41) is 10.4. The Morgan fingerprint density at radius 3 is 2.68 bits per heavy atom. The molecule has 96 valence electrons. The Hall–Kier alpha value is -2.33. The van der Waals surface area contributed by atoms with Crippen molar-refractivity contribution >= 4 is 11.0 Å². The lowest BCUT2D eigenvalue weighted by atomic mass is 10.2. The number of hydrogen-bond acceptors (Lipinski definition) is 3. The van der Waals surface area contributed by atoms with E-state index >= 15 is 0 Å². The van der Waals surface area contributed by atoms with Gasteiger partial charge in [-0.25, -0.2) is 4.98 Å². The topological polar surface area (TPSA) is 64.1 Å². The third-order valence-electron chi connectivity index (χ3n) is 3.23. The zero-order chi connectivity index (χ0) is 13.2. The molecule has 0 aliphatic heterocycles. The first-order valence-corrected chi connectivity index (χ1v) is 6.18. The largest absolute Gasteiger partial charge is 0.508 e. The molecule has 0 bridgehead atoms. The number of phenols is 1. The lowest BCUT2D eigenvalue weighted by Gasteiger charge is -2.04. The Balaban J connectivity index is 2.03. The van der Waals surface area contributed by atoms with Crippen LogP contribution in [0, 0.1) is 0 Å². The number of fused-ring (bicyclic) bond motifs is 1. The molecule has 19 heavy (non-hydrogen) atoms. The van der Waals surface area contributed by atoms with Crippen LogP contribution in [0.3, 0.4) is 0 Å². The number of hydrogen-bond donors (Lipinski definition) is 2. The SMILES string of the molecule is NCc1cn(Cc2ccc(O)cc2)c2ncccc12. The summed E-state index contributed by atoms with van der Waals surface area (Å²) in [5.74, 6) is 0.280. The van der Waals surface area contributed by atoms with Crippen LogP contribution in [0.4, 0.5) is 0 Å². The van der Waals surface area contributed by atoms with E-state index in [1.165, 1.54) is 0 Å². The van der Waals surface area contributed by atoms with Crippen LogP contribution in [0.2, 0.25) is 0 Å². The summed E-state index contributed by atoms with van der Waals surface area (Å²) in [4.78, 5) is 4.42. The number of rotatable bonds is 3. The normalized spacial score (nSPS) is 11.0. The average molecular weight is 253 g/mol. The van der Waals surface area contributed by atoms with Gasteiger partial charge in [0.2, 0.25) is 0 Å². The van der Waals surface area contributed by atoms with Crippen LogP contribution in [-0.4, -0.2) is 14.7 Å². The molecule has 0 saturated carbocycles. The molecule has 0 spiro atoms. The Morgan fingerprint density at radius 2 is 1.95 bits per heavy atom. The van der Waals surface area contributed by atoms with Gasteiger partial charge in [-0.3, -0.25) is 0 Å². The van der Waals surface area contributed by atoms with E-state index < -0.39 is 0 Å². The fourth-order valence-electron chi connectivity index (χ4n) is 2.28. The Morgan fingerprint density at radius 1 is 1.16 bits per heavy atom. The van der Waals surface area contributed by atoms with Gasteiger partial charge < -0.3 is 15.4 Å². The Labute approximate surface area is 111 Å². The molecule has 0 amide bonds.